The van der Waals surface area contributed by atoms with Gasteiger partial charge in [-0.1, -0.05) is 13.8 Å². The minimum atomic E-state index is -3.71. The lowest BCUT2D eigenvalue weighted by Gasteiger charge is -2.04. The van der Waals surface area contributed by atoms with Crippen LogP contribution in [0.25, 0.3) is 0 Å². The smallest absolute Gasteiger partial charge is 0.280 e. The molecule has 0 aliphatic heterocycles. The van der Waals surface area contributed by atoms with Crippen LogP contribution >= 0.6 is 22.4 Å². The summed E-state index contributed by atoms with van der Waals surface area (Å²) >= 11 is 1.88. The van der Waals surface area contributed by atoms with Crippen LogP contribution in [0.2, 0.25) is 0 Å². The molecular weight excluding hydrogens is 280 g/mol. The Balaban J connectivity index is 2.74. The number of imidazole rings is 1. The van der Waals surface area contributed by atoms with Crippen molar-refractivity contribution in [3.8, 4) is 0 Å². The third-order valence-electron chi connectivity index (χ3n) is 2.29. The van der Waals surface area contributed by atoms with Crippen LogP contribution in [0, 0.1) is 0 Å². The van der Waals surface area contributed by atoms with Gasteiger partial charge in [-0.15, -0.1) is 0 Å². The molecule has 0 atom stereocenters. The maximum Gasteiger partial charge on any atom is 0.280 e. The molecule has 0 saturated carbocycles. The van der Waals surface area contributed by atoms with E-state index in [2.05, 4.69) is 11.9 Å². The van der Waals surface area contributed by atoms with E-state index >= 15 is 0 Å². The van der Waals surface area contributed by atoms with Gasteiger partial charge in [-0.2, -0.15) is 11.8 Å². The van der Waals surface area contributed by atoms with Crippen molar-refractivity contribution in [2.75, 3.05) is 11.5 Å². The van der Waals surface area contributed by atoms with E-state index in [4.69, 9.17) is 10.7 Å². The highest BCUT2D eigenvalue weighted by Gasteiger charge is 2.16. The first-order chi connectivity index (χ1) is 7.99. The Morgan fingerprint density at radius 2 is 2.18 bits per heavy atom. The summed E-state index contributed by atoms with van der Waals surface area (Å²) in [6, 6.07) is 0. The summed E-state index contributed by atoms with van der Waals surface area (Å²) in [7, 11) is 1.56. The lowest BCUT2D eigenvalue weighted by Crippen LogP contribution is -2.02. The number of halogens is 1. The van der Waals surface area contributed by atoms with Crippen molar-refractivity contribution in [2.45, 2.75) is 38.3 Å². The summed E-state index contributed by atoms with van der Waals surface area (Å²) in [4.78, 5) is 4.04. The maximum absolute atomic E-state index is 11.2. The summed E-state index contributed by atoms with van der Waals surface area (Å²) in [6.07, 6.45) is 3.23. The van der Waals surface area contributed by atoms with Crippen LogP contribution in [0.4, 0.5) is 0 Å². The SMILES string of the molecule is CCSCCCn1cc(S(=O)(=O)Cl)nc1CC. The van der Waals surface area contributed by atoms with Gasteiger partial charge in [-0.3, -0.25) is 0 Å². The lowest BCUT2D eigenvalue weighted by atomic mass is 10.4. The molecule has 0 spiro atoms. The van der Waals surface area contributed by atoms with Gasteiger partial charge in [0.1, 0.15) is 5.82 Å². The van der Waals surface area contributed by atoms with Crippen molar-refractivity contribution in [1.82, 2.24) is 9.55 Å². The second kappa shape index (κ2) is 6.66. The normalized spacial score (nSPS) is 11.9. The molecule has 98 valence electrons. The van der Waals surface area contributed by atoms with Crippen molar-refractivity contribution >= 4 is 31.5 Å². The highest BCUT2D eigenvalue weighted by atomic mass is 35.7. The van der Waals surface area contributed by atoms with E-state index < -0.39 is 9.05 Å². The second-order valence-electron chi connectivity index (χ2n) is 3.53. The number of nitrogens with zero attached hydrogens (tertiary/aromatic N) is 2. The molecule has 7 heteroatoms. The number of aromatic nitrogens is 2. The van der Waals surface area contributed by atoms with Gasteiger partial charge in [0.05, 0.1) is 0 Å². The van der Waals surface area contributed by atoms with Gasteiger partial charge in [0.25, 0.3) is 9.05 Å². The molecule has 1 rings (SSSR count). The molecule has 0 aliphatic carbocycles. The first kappa shape index (κ1) is 14.9. The summed E-state index contributed by atoms with van der Waals surface area (Å²) in [5.41, 5.74) is 0. The van der Waals surface area contributed by atoms with Crippen LogP contribution < -0.4 is 0 Å². The molecule has 0 fully saturated rings. The summed E-state index contributed by atoms with van der Waals surface area (Å²) in [5.74, 6) is 2.94. The topological polar surface area (TPSA) is 52.0 Å². The van der Waals surface area contributed by atoms with E-state index in [1.165, 1.54) is 6.20 Å². The molecule has 0 saturated heterocycles. The maximum atomic E-state index is 11.2. The first-order valence-corrected chi connectivity index (χ1v) is 9.03. The number of aryl methyl sites for hydroxylation is 2. The zero-order chi connectivity index (χ0) is 12.9. The number of rotatable bonds is 7. The predicted molar refractivity (Wildman–Crippen MR) is 72.3 cm³/mol. The Bertz CT molecular complexity index is 457. The average Bonchev–Trinajstić information content (AvgIpc) is 2.67. The van der Waals surface area contributed by atoms with Gasteiger partial charge in [-0.25, -0.2) is 13.4 Å². The van der Waals surface area contributed by atoms with Crippen LogP contribution in [-0.2, 0) is 22.0 Å². The Morgan fingerprint density at radius 1 is 1.47 bits per heavy atom. The fourth-order valence-corrected chi connectivity index (χ4v) is 2.82. The molecular formula is C10H17ClN2O2S2. The quantitative estimate of drug-likeness (QED) is 0.573. The largest absolute Gasteiger partial charge is 0.333 e. The molecule has 0 aromatic carbocycles. The van der Waals surface area contributed by atoms with Crippen molar-refractivity contribution < 1.29 is 8.42 Å². The standard InChI is InChI=1S/C10H17ClN2O2S2/c1-3-9-12-10(17(11,14)15)8-13(9)6-5-7-16-4-2/h8H,3-7H2,1-2H3. The van der Waals surface area contributed by atoms with E-state index in [0.29, 0.717) is 6.42 Å². The zero-order valence-electron chi connectivity index (χ0n) is 10.0. The molecule has 1 aromatic heterocycles. The molecule has 0 bridgehead atoms. The van der Waals surface area contributed by atoms with Crippen LogP contribution in [0.15, 0.2) is 11.2 Å². The molecule has 17 heavy (non-hydrogen) atoms. The van der Waals surface area contributed by atoms with Gasteiger partial charge in [-0.05, 0) is 17.9 Å². The van der Waals surface area contributed by atoms with Gasteiger partial charge >= 0.3 is 0 Å². The third kappa shape index (κ3) is 4.52. The van der Waals surface area contributed by atoms with E-state index in [0.717, 1.165) is 30.3 Å². The Kier molecular flexibility index (Phi) is 5.82. The average molecular weight is 297 g/mol. The van der Waals surface area contributed by atoms with E-state index in [1.807, 2.05) is 23.3 Å². The molecule has 0 radical (unpaired) electrons. The Morgan fingerprint density at radius 3 is 2.71 bits per heavy atom. The summed E-state index contributed by atoms with van der Waals surface area (Å²) in [6.45, 7) is 4.86. The van der Waals surface area contributed by atoms with Crippen LogP contribution in [0.1, 0.15) is 26.1 Å². The highest BCUT2D eigenvalue weighted by molar-refractivity contribution is 8.13. The Hall–Kier alpha value is -0.200. The monoisotopic (exact) mass is 296 g/mol. The van der Waals surface area contributed by atoms with Gasteiger partial charge in [0.2, 0.25) is 0 Å². The molecule has 0 amide bonds. The van der Waals surface area contributed by atoms with Crippen molar-refractivity contribution in [3.63, 3.8) is 0 Å². The zero-order valence-corrected chi connectivity index (χ0v) is 12.4. The van der Waals surface area contributed by atoms with E-state index in [1.54, 1.807) is 0 Å². The lowest BCUT2D eigenvalue weighted by molar-refractivity contribution is 0.606. The van der Waals surface area contributed by atoms with Crippen molar-refractivity contribution in [2.24, 2.45) is 0 Å². The molecule has 1 heterocycles. The number of hydrogen-bond acceptors (Lipinski definition) is 4. The molecule has 4 nitrogen and oxygen atoms in total. The predicted octanol–water partition coefficient (Wildman–Crippen LogP) is 2.52. The molecule has 1 aromatic rings. The van der Waals surface area contributed by atoms with E-state index in [-0.39, 0.29) is 5.03 Å². The molecule has 0 unspecified atom stereocenters. The first-order valence-electron chi connectivity index (χ1n) is 5.57. The van der Waals surface area contributed by atoms with Crippen molar-refractivity contribution in [3.05, 3.63) is 12.0 Å². The highest BCUT2D eigenvalue weighted by Crippen LogP contribution is 2.15. The van der Waals surface area contributed by atoms with Gasteiger partial charge in [0, 0.05) is 29.8 Å². The summed E-state index contributed by atoms with van der Waals surface area (Å²) < 4.78 is 24.2. The minimum Gasteiger partial charge on any atom is -0.333 e. The minimum absolute atomic E-state index is 0.0424. The fraction of sp³-hybridized carbons (Fsp3) is 0.700. The summed E-state index contributed by atoms with van der Waals surface area (Å²) in [5, 5.41) is -0.0424. The molecule has 0 N–H and O–H groups in total. The molecule has 0 aliphatic rings. The van der Waals surface area contributed by atoms with Gasteiger partial charge in [0.15, 0.2) is 5.03 Å². The third-order valence-corrected chi connectivity index (χ3v) is 4.45. The van der Waals surface area contributed by atoms with Gasteiger partial charge < -0.3 is 4.57 Å². The van der Waals surface area contributed by atoms with Crippen LogP contribution in [0.3, 0.4) is 0 Å². The van der Waals surface area contributed by atoms with Crippen LogP contribution in [-0.4, -0.2) is 29.5 Å². The van der Waals surface area contributed by atoms with Crippen molar-refractivity contribution in [1.29, 1.82) is 0 Å². The van der Waals surface area contributed by atoms with Crippen LogP contribution in [0.5, 0.6) is 0 Å². The fourth-order valence-electron chi connectivity index (χ4n) is 1.50. The Labute approximate surface area is 111 Å². The van der Waals surface area contributed by atoms with E-state index in [9.17, 15) is 8.42 Å². The second-order valence-corrected chi connectivity index (χ2v) is 7.44. The number of thioether (sulfide) groups is 1. The number of hydrogen-bond donors (Lipinski definition) is 0.